The lowest BCUT2D eigenvalue weighted by atomic mass is 10.1. The highest BCUT2D eigenvalue weighted by atomic mass is 19.4. The maximum atomic E-state index is 13.9. The van der Waals surface area contributed by atoms with Gasteiger partial charge in [-0.15, -0.1) is 0 Å². The Morgan fingerprint density at radius 2 is 1.88 bits per heavy atom. The number of aryl methyl sites for hydroxylation is 2. The molecule has 1 aliphatic heterocycles. The van der Waals surface area contributed by atoms with Crippen molar-refractivity contribution in [3.63, 3.8) is 0 Å². The molecule has 3 rings (SSSR count). The number of carbonyl (C=O) groups is 1. The van der Waals surface area contributed by atoms with E-state index in [0.717, 1.165) is 18.7 Å². The molecule has 0 spiro atoms. The molecule has 1 aromatic heterocycles. The summed E-state index contributed by atoms with van der Waals surface area (Å²) in [6.07, 6.45) is -2.62. The topological polar surface area (TPSA) is 39.7 Å². The van der Waals surface area contributed by atoms with Gasteiger partial charge in [-0.05, 0) is 89.6 Å². The zero-order valence-electron chi connectivity index (χ0n) is 19.4. The first-order chi connectivity index (χ1) is 15.5. The lowest BCUT2D eigenvalue weighted by Crippen LogP contribution is -2.47. The fourth-order valence-electron chi connectivity index (χ4n) is 4.15. The predicted molar refractivity (Wildman–Crippen MR) is 121 cm³/mol. The van der Waals surface area contributed by atoms with Crippen LogP contribution in [0.3, 0.4) is 0 Å². The molecule has 1 aromatic carbocycles. The molecule has 9 heteroatoms. The third kappa shape index (κ3) is 6.01. The average molecular weight is 467 g/mol. The molecule has 0 aliphatic carbocycles. The molecular weight excluding hydrogens is 436 g/mol. The number of carbonyl (C=O) groups excluding carboxylic acids is 1. The van der Waals surface area contributed by atoms with E-state index >= 15 is 0 Å². The molecule has 1 atom stereocenters. The number of aromatic nitrogens is 1. The Labute approximate surface area is 192 Å². The van der Waals surface area contributed by atoms with Gasteiger partial charge < -0.3 is 14.7 Å². The summed E-state index contributed by atoms with van der Waals surface area (Å²) in [5.41, 5.74) is 0.476. The largest absolute Gasteiger partial charge is 0.416 e. The molecule has 180 valence electrons. The van der Waals surface area contributed by atoms with Gasteiger partial charge in [0.05, 0.1) is 5.56 Å². The molecule has 1 aliphatic rings. The van der Waals surface area contributed by atoms with Crippen molar-refractivity contribution in [1.29, 1.82) is 0 Å². The minimum Gasteiger partial charge on any atom is -0.345 e. The van der Waals surface area contributed by atoms with E-state index < -0.39 is 17.8 Å². The predicted octanol–water partition coefficient (Wildman–Crippen LogP) is 4.81. The van der Waals surface area contributed by atoms with E-state index in [1.807, 2.05) is 19.0 Å². The van der Waals surface area contributed by atoms with Crippen molar-refractivity contribution in [2.45, 2.75) is 45.3 Å². The minimum absolute atomic E-state index is 0.154. The van der Waals surface area contributed by atoms with Crippen LogP contribution >= 0.6 is 0 Å². The summed E-state index contributed by atoms with van der Waals surface area (Å²) in [4.78, 5) is 23.3. The molecule has 2 heterocycles. The zero-order chi connectivity index (χ0) is 24.3. The Bertz CT molecular complexity index is 993. The molecule has 0 bridgehead atoms. The Kier molecular flexibility index (Phi) is 7.62. The van der Waals surface area contributed by atoms with Crippen LogP contribution in [0.5, 0.6) is 0 Å². The van der Waals surface area contributed by atoms with E-state index in [2.05, 4.69) is 4.98 Å². The van der Waals surface area contributed by atoms with Gasteiger partial charge in [0.15, 0.2) is 0 Å². The van der Waals surface area contributed by atoms with Gasteiger partial charge in [-0.1, -0.05) is 0 Å². The highest BCUT2D eigenvalue weighted by molar-refractivity contribution is 5.99. The van der Waals surface area contributed by atoms with Crippen LogP contribution in [0.4, 0.5) is 29.1 Å². The molecular formula is C24H30F4N4O. The van der Waals surface area contributed by atoms with Crippen LogP contribution in [0.2, 0.25) is 0 Å². The highest BCUT2D eigenvalue weighted by Gasteiger charge is 2.37. The summed E-state index contributed by atoms with van der Waals surface area (Å²) >= 11 is 0. The quantitative estimate of drug-likeness (QED) is 0.549. The van der Waals surface area contributed by atoms with Gasteiger partial charge in [0.2, 0.25) is 5.91 Å². The van der Waals surface area contributed by atoms with Crippen LogP contribution in [-0.2, 0) is 11.0 Å². The summed E-state index contributed by atoms with van der Waals surface area (Å²) in [5, 5.41) is 0. The molecule has 1 amide bonds. The number of amides is 1. The van der Waals surface area contributed by atoms with Gasteiger partial charge in [0.1, 0.15) is 17.7 Å². The van der Waals surface area contributed by atoms with Crippen LogP contribution in [-0.4, -0.2) is 55.6 Å². The number of alkyl halides is 3. The van der Waals surface area contributed by atoms with Crippen molar-refractivity contribution in [1.82, 2.24) is 9.88 Å². The van der Waals surface area contributed by atoms with Gasteiger partial charge in [0.25, 0.3) is 0 Å². The number of nitrogens with zero attached hydrogens (tertiary/aromatic N) is 4. The summed E-state index contributed by atoms with van der Waals surface area (Å²) < 4.78 is 53.9. The fraction of sp³-hybridized carbons (Fsp3) is 0.500. The Morgan fingerprint density at radius 3 is 2.52 bits per heavy atom. The first-order valence-electron chi connectivity index (χ1n) is 11.0. The monoisotopic (exact) mass is 466 g/mol. The van der Waals surface area contributed by atoms with Gasteiger partial charge >= 0.3 is 6.18 Å². The van der Waals surface area contributed by atoms with Crippen LogP contribution in [0.15, 0.2) is 30.3 Å². The first kappa shape index (κ1) is 25.0. The molecule has 0 N–H and O–H groups in total. The van der Waals surface area contributed by atoms with E-state index in [1.54, 1.807) is 28.9 Å². The molecule has 2 aromatic rings. The van der Waals surface area contributed by atoms with Gasteiger partial charge in [-0.3, -0.25) is 4.79 Å². The maximum Gasteiger partial charge on any atom is 0.416 e. The second kappa shape index (κ2) is 10.1. The number of benzene rings is 1. The van der Waals surface area contributed by atoms with E-state index in [4.69, 9.17) is 0 Å². The second-order valence-corrected chi connectivity index (χ2v) is 8.78. The smallest absolute Gasteiger partial charge is 0.345 e. The fourth-order valence-corrected chi connectivity index (χ4v) is 4.15. The van der Waals surface area contributed by atoms with Crippen LogP contribution < -0.4 is 9.80 Å². The lowest BCUT2D eigenvalue weighted by molar-refractivity contribution is -0.137. The van der Waals surface area contributed by atoms with Crippen molar-refractivity contribution in [3.8, 4) is 0 Å². The SMILES string of the molecule is Cc1cc(C(F)(F)F)cc(N2CCC[C@H]2C(=O)N(CCCN(C)C)c2ccc(F)c(C)c2)n1. The van der Waals surface area contributed by atoms with E-state index in [9.17, 15) is 22.4 Å². The van der Waals surface area contributed by atoms with Gasteiger partial charge in [-0.2, -0.15) is 13.2 Å². The van der Waals surface area contributed by atoms with Crippen LogP contribution in [0.25, 0.3) is 0 Å². The van der Waals surface area contributed by atoms with Crippen molar-refractivity contribution in [2.75, 3.05) is 43.5 Å². The molecule has 0 radical (unpaired) electrons. The zero-order valence-corrected chi connectivity index (χ0v) is 19.4. The third-order valence-corrected chi connectivity index (χ3v) is 5.81. The van der Waals surface area contributed by atoms with E-state index in [1.165, 1.54) is 13.0 Å². The number of halogens is 4. The maximum absolute atomic E-state index is 13.9. The molecule has 1 fully saturated rings. The number of pyridine rings is 1. The number of hydrogen-bond donors (Lipinski definition) is 0. The molecule has 5 nitrogen and oxygen atoms in total. The van der Waals surface area contributed by atoms with Crippen LogP contribution in [0, 0.1) is 19.7 Å². The Hall–Kier alpha value is -2.68. The normalized spacial score (nSPS) is 16.5. The highest BCUT2D eigenvalue weighted by Crippen LogP contribution is 2.34. The van der Waals surface area contributed by atoms with E-state index in [0.29, 0.717) is 43.6 Å². The van der Waals surface area contributed by atoms with Crippen LogP contribution in [0.1, 0.15) is 36.1 Å². The molecule has 33 heavy (non-hydrogen) atoms. The Balaban J connectivity index is 1.92. The van der Waals surface area contributed by atoms with Gasteiger partial charge in [-0.25, -0.2) is 9.37 Å². The van der Waals surface area contributed by atoms with Gasteiger partial charge in [0, 0.05) is 24.5 Å². The van der Waals surface area contributed by atoms with E-state index in [-0.39, 0.29) is 23.2 Å². The van der Waals surface area contributed by atoms with Crippen molar-refractivity contribution >= 4 is 17.4 Å². The van der Waals surface area contributed by atoms with Crippen molar-refractivity contribution < 1.29 is 22.4 Å². The number of rotatable bonds is 7. The molecule has 0 saturated carbocycles. The third-order valence-electron chi connectivity index (χ3n) is 5.81. The molecule has 1 saturated heterocycles. The first-order valence-corrected chi connectivity index (χ1v) is 11.0. The summed E-state index contributed by atoms with van der Waals surface area (Å²) in [5.74, 6) is -0.415. The standard InChI is InChI=1S/C24H30F4N4O/c1-16-13-19(8-9-20(16)25)31(12-6-10-30(3)4)23(33)21-7-5-11-32(21)22-15-18(24(26,27)28)14-17(2)29-22/h8-9,13-15,21H,5-7,10-12H2,1-4H3/t21-/m0/s1. The second-order valence-electron chi connectivity index (χ2n) is 8.78. The minimum atomic E-state index is -4.49. The number of hydrogen-bond acceptors (Lipinski definition) is 4. The number of anilines is 2. The summed E-state index contributed by atoms with van der Waals surface area (Å²) in [7, 11) is 3.88. The van der Waals surface area contributed by atoms with Crippen molar-refractivity contribution in [2.24, 2.45) is 0 Å². The summed E-state index contributed by atoms with van der Waals surface area (Å²) in [6.45, 7) is 4.77. The molecule has 0 unspecified atom stereocenters. The van der Waals surface area contributed by atoms with Crippen molar-refractivity contribution in [3.05, 3.63) is 53.0 Å². The average Bonchev–Trinajstić information content (AvgIpc) is 3.22. The lowest BCUT2D eigenvalue weighted by Gasteiger charge is -2.32. The Morgan fingerprint density at radius 1 is 1.15 bits per heavy atom. The summed E-state index contributed by atoms with van der Waals surface area (Å²) in [6, 6.07) is 5.92.